The van der Waals surface area contributed by atoms with Gasteiger partial charge in [-0.2, -0.15) is 0 Å². The Morgan fingerprint density at radius 1 is 1.04 bits per heavy atom. The average molecular weight is 325 g/mol. The van der Waals surface area contributed by atoms with Crippen molar-refractivity contribution in [1.29, 1.82) is 0 Å². The fraction of sp³-hybridized carbons (Fsp3) is 0.235. The number of urea groups is 1. The van der Waals surface area contributed by atoms with Crippen LogP contribution in [0.2, 0.25) is 0 Å². The van der Waals surface area contributed by atoms with Gasteiger partial charge in [-0.25, -0.2) is 9.78 Å². The number of rotatable bonds is 4. The standard InChI is InChI=1S/C17H19N5O2/c18-17(24)21-13-6-3-5-12(11-13)20-16(23)14-7-4-8-19-15(14)22-9-1-2-10-22/h3-8,11H,1-2,9-10H2,(H,20,23)(H3,18,21,24). The van der Waals surface area contributed by atoms with E-state index in [1.807, 2.05) is 0 Å². The van der Waals surface area contributed by atoms with Crippen molar-refractivity contribution in [1.82, 2.24) is 4.98 Å². The maximum absolute atomic E-state index is 12.6. The molecular weight excluding hydrogens is 306 g/mol. The summed E-state index contributed by atoms with van der Waals surface area (Å²) in [6.45, 7) is 1.82. The van der Waals surface area contributed by atoms with Gasteiger partial charge >= 0.3 is 6.03 Å². The first-order valence-corrected chi connectivity index (χ1v) is 7.81. The number of hydrogen-bond donors (Lipinski definition) is 3. The number of hydrogen-bond acceptors (Lipinski definition) is 4. The highest BCUT2D eigenvalue weighted by Crippen LogP contribution is 2.23. The van der Waals surface area contributed by atoms with Crippen LogP contribution in [-0.4, -0.2) is 30.0 Å². The van der Waals surface area contributed by atoms with Crippen LogP contribution < -0.4 is 21.3 Å². The Morgan fingerprint density at radius 3 is 2.46 bits per heavy atom. The molecule has 2 aromatic rings. The number of nitrogens with two attached hydrogens (primary N) is 1. The highest BCUT2D eigenvalue weighted by Gasteiger charge is 2.20. The number of pyridine rings is 1. The molecule has 0 saturated carbocycles. The van der Waals surface area contributed by atoms with Crippen LogP contribution in [0, 0.1) is 0 Å². The summed E-state index contributed by atoms with van der Waals surface area (Å²) >= 11 is 0. The fourth-order valence-electron chi connectivity index (χ4n) is 2.77. The second kappa shape index (κ2) is 6.99. The molecule has 2 heterocycles. The molecule has 3 rings (SSSR count). The van der Waals surface area contributed by atoms with E-state index in [2.05, 4.69) is 20.5 Å². The van der Waals surface area contributed by atoms with Gasteiger partial charge < -0.3 is 21.3 Å². The lowest BCUT2D eigenvalue weighted by atomic mass is 10.2. The SMILES string of the molecule is NC(=O)Nc1cccc(NC(=O)c2cccnc2N2CCCC2)c1. The van der Waals surface area contributed by atoms with Gasteiger partial charge in [-0.1, -0.05) is 6.07 Å². The molecule has 1 aliphatic rings. The summed E-state index contributed by atoms with van der Waals surface area (Å²) in [5, 5.41) is 5.32. The minimum Gasteiger partial charge on any atom is -0.356 e. The third-order valence-corrected chi connectivity index (χ3v) is 3.82. The number of nitrogens with zero attached hydrogens (tertiary/aromatic N) is 2. The minimum absolute atomic E-state index is 0.235. The summed E-state index contributed by atoms with van der Waals surface area (Å²) < 4.78 is 0. The Hall–Kier alpha value is -3.09. The number of aromatic nitrogens is 1. The van der Waals surface area contributed by atoms with Gasteiger partial charge in [-0.3, -0.25) is 4.79 Å². The van der Waals surface area contributed by atoms with E-state index in [-0.39, 0.29) is 5.91 Å². The Kier molecular flexibility index (Phi) is 4.60. The predicted molar refractivity (Wildman–Crippen MR) is 93.3 cm³/mol. The first-order valence-electron chi connectivity index (χ1n) is 7.81. The summed E-state index contributed by atoms with van der Waals surface area (Å²) in [4.78, 5) is 30.1. The lowest BCUT2D eigenvalue weighted by Gasteiger charge is -2.19. The zero-order valence-corrected chi connectivity index (χ0v) is 13.2. The van der Waals surface area contributed by atoms with E-state index in [9.17, 15) is 9.59 Å². The first kappa shape index (κ1) is 15.8. The van der Waals surface area contributed by atoms with Gasteiger partial charge in [0.1, 0.15) is 5.82 Å². The predicted octanol–water partition coefficient (Wildman–Crippen LogP) is 2.42. The molecule has 0 bridgehead atoms. The largest absolute Gasteiger partial charge is 0.356 e. The molecule has 1 aliphatic heterocycles. The highest BCUT2D eigenvalue weighted by molar-refractivity contribution is 6.07. The van der Waals surface area contributed by atoms with Gasteiger partial charge in [0.15, 0.2) is 0 Å². The molecule has 0 atom stereocenters. The molecule has 1 aromatic carbocycles. The second-order valence-electron chi connectivity index (χ2n) is 5.59. The summed E-state index contributed by atoms with van der Waals surface area (Å²) in [5.74, 6) is 0.472. The maximum Gasteiger partial charge on any atom is 0.316 e. The molecule has 0 aliphatic carbocycles. The molecule has 24 heavy (non-hydrogen) atoms. The highest BCUT2D eigenvalue weighted by atomic mass is 16.2. The fourth-order valence-corrected chi connectivity index (χ4v) is 2.77. The van der Waals surface area contributed by atoms with Crippen LogP contribution in [0.15, 0.2) is 42.6 Å². The van der Waals surface area contributed by atoms with Crippen molar-refractivity contribution in [3.63, 3.8) is 0 Å². The van der Waals surface area contributed by atoms with Gasteiger partial charge in [0, 0.05) is 30.7 Å². The van der Waals surface area contributed by atoms with E-state index in [1.165, 1.54) is 0 Å². The molecular formula is C17H19N5O2. The quantitative estimate of drug-likeness (QED) is 0.803. The zero-order chi connectivity index (χ0) is 16.9. The normalized spacial score (nSPS) is 13.6. The lowest BCUT2D eigenvalue weighted by molar-refractivity contribution is 0.102. The smallest absolute Gasteiger partial charge is 0.316 e. The van der Waals surface area contributed by atoms with Crippen LogP contribution in [0.1, 0.15) is 23.2 Å². The molecule has 1 aromatic heterocycles. The van der Waals surface area contributed by atoms with Crippen LogP contribution in [0.3, 0.4) is 0 Å². The molecule has 0 radical (unpaired) electrons. The van der Waals surface area contributed by atoms with E-state index in [0.717, 1.165) is 25.9 Å². The van der Waals surface area contributed by atoms with E-state index in [4.69, 9.17) is 5.73 Å². The van der Waals surface area contributed by atoms with Crippen LogP contribution in [0.5, 0.6) is 0 Å². The number of amides is 3. The number of carbonyl (C=O) groups excluding carboxylic acids is 2. The van der Waals surface area contributed by atoms with Crippen molar-refractivity contribution < 1.29 is 9.59 Å². The average Bonchev–Trinajstić information content (AvgIpc) is 3.09. The monoisotopic (exact) mass is 325 g/mol. The van der Waals surface area contributed by atoms with Gasteiger partial charge in [0.05, 0.1) is 5.56 Å². The molecule has 0 unspecified atom stereocenters. The minimum atomic E-state index is -0.651. The van der Waals surface area contributed by atoms with Crippen molar-refractivity contribution in [3.05, 3.63) is 48.2 Å². The number of benzene rings is 1. The molecule has 0 spiro atoms. The number of carbonyl (C=O) groups is 2. The second-order valence-corrected chi connectivity index (χ2v) is 5.59. The van der Waals surface area contributed by atoms with E-state index in [0.29, 0.717) is 22.8 Å². The van der Waals surface area contributed by atoms with Crippen molar-refractivity contribution >= 4 is 29.1 Å². The number of anilines is 3. The third-order valence-electron chi connectivity index (χ3n) is 3.82. The molecule has 1 saturated heterocycles. The summed E-state index contributed by atoms with van der Waals surface area (Å²) in [6, 6.07) is 9.68. The summed E-state index contributed by atoms with van der Waals surface area (Å²) in [5.41, 5.74) is 6.73. The van der Waals surface area contributed by atoms with Crippen LogP contribution in [0.4, 0.5) is 22.0 Å². The summed E-state index contributed by atoms with van der Waals surface area (Å²) in [7, 11) is 0. The Labute approximate surface area is 139 Å². The Morgan fingerprint density at radius 2 is 1.75 bits per heavy atom. The van der Waals surface area contributed by atoms with E-state index < -0.39 is 6.03 Å². The topological polar surface area (TPSA) is 100 Å². The van der Waals surface area contributed by atoms with Crippen molar-refractivity contribution in [2.45, 2.75) is 12.8 Å². The van der Waals surface area contributed by atoms with Gasteiger partial charge in [0.25, 0.3) is 5.91 Å². The van der Waals surface area contributed by atoms with E-state index in [1.54, 1.807) is 42.6 Å². The van der Waals surface area contributed by atoms with Crippen LogP contribution in [-0.2, 0) is 0 Å². The third kappa shape index (κ3) is 3.62. The molecule has 1 fully saturated rings. The molecule has 7 nitrogen and oxygen atoms in total. The van der Waals surface area contributed by atoms with Crippen molar-refractivity contribution in [3.8, 4) is 0 Å². The van der Waals surface area contributed by atoms with Crippen LogP contribution >= 0.6 is 0 Å². The molecule has 7 heteroatoms. The maximum atomic E-state index is 12.6. The summed E-state index contributed by atoms with van der Waals surface area (Å²) in [6.07, 6.45) is 3.92. The molecule has 3 amide bonds. The van der Waals surface area contributed by atoms with Crippen molar-refractivity contribution in [2.75, 3.05) is 28.6 Å². The lowest BCUT2D eigenvalue weighted by Crippen LogP contribution is -2.24. The van der Waals surface area contributed by atoms with Crippen molar-refractivity contribution in [2.24, 2.45) is 5.73 Å². The number of primary amides is 1. The van der Waals surface area contributed by atoms with Gasteiger partial charge in [0.2, 0.25) is 0 Å². The molecule has 4 N–H and O–H groups in total. The Balaban J connectivity index is 1.79. The van der Waals surface area contributed by atoms with Crippen LogP contribution in [0.25, 0.3) is 0 Å². The van der Waals surface area contributed by atoms with E-state index >= 15 is 0 Å². The zero-order valence-electron chi connectivity index (χ0n) is 13.2. The van der Waals surface area contributed by atoms with Gasteiger partial charge in [-0.05, 0) is 43.2 Å². The van der Waals surface area contributed by atoms with Gasteiger partial charge in [-0.15, -0.1) is 0 Å². The Bertz CT molecular complexity index is 756. The number of nitrogens with one attached hydrogen (secondary N) is 2. The first-order chi connectivity index (χ1) is 11.6. The molecule has 124 valence electrons.